The van der Waals surface area contributed by atoms with Crippen LogP contribution in [0.1, 0.15) is 29.6 Å². The third-order valence-corrected chi connectivity index (χ3v) is 6.84. The highest BCUT2D eigenvalue weighted by atomic mass is 35.5. The molecule has 1 saturated carbocycles. The van der Waals surface area contributed by atoms with Crippen LogP contribution in [0.3, 0.4) is 0 Å². The number of amides is 1. The van der Waals surface area contributed by atoms with Crippen LogP contribution in [0.5, 0.6) is 0 Å². The molecule has 1 amide bonds. The number of anilines is 1. The first-order chi connectivity index (χ1) is 13.4. The first-order valence-electron chi connectivity index (χ1n) is 9.35. The second-order valence-electron chi connectivity index (χ2n) is 7.30. The monoisotopic (exact) mass is 419 g/mol. The largest absolute Gasteiger partial charge is 0.348 e. The number of nitrogens with zero attached hydrogens (tertiary/aromatic N) is 1. The normalized spacial score (nSPS) is 20.1. The van der Waals surface area contributed by atoms with Crippen LogP contribution in [0, 0.1) is 0 Å². The van der Waals surface area contributed by atoms with Crippen molar-refractivity contribution in [3.05, 3.63) is 59.1 Å². The zero-order valence-corrected chi connectivity index (χ0v) is 16.8. The summed E-state index contributed by atoms with van der Waals surface area (Å²) < 4.78 is 27.8. The molecule has 1 atom stereocenters. The molecule has 0 bridgehead atoms. The Balaban J connectivity index is 1.46. The Morgan fingerprint density at radius 1 is 1.07 bits per heavy atom. The van der Waals surface area contributed by atoms with Crippen LogP contribution in [0.25, 0.3) is 0 Å². The van der Waals surface area contributed by atoms with Gasteiger partial charge in [0.15, 0.2) is 0 Å². The minimum Gasteiger partial charge on any atom is -0.348 e. The molecule has 0 aromatic heterocycles. The van der Waals surface area contributed by atoms with Gasteiger partial charge in [0, 0.05) is 30.7 Å². The molecule has 28 heavy (non-hydrogen) atoms. The van der Waals surface area contributed by atoms with E-state index in [0.29, 0.717) is 22.3 Å². The van der Waals surface area contributed by atoms with Gasteiger partial charge in [0.25, 0.3) is 15.9 Å². The molecule has 1 aliphatic carbocycles. The first kappa shape index (κ1) is 19.2. The summed E-state index contributed by atoms with van der Waals surface area (Å²) >= 11 is 6.04. The van der Waals surface area contributed by atoms with E-state index in [4.69, 9.17) is 11.6 Å². The van der Waals surface area contributed by atoms with Gasteiger partial charge in [0.05, 0.1) is 15.6 Å². The molecule has 148 valence electrons. The third kappa shape index (κ3) is 4.32. The molecule has 2 aliphatic rings. The molecule has 1 heterocycles. The lowest BCUT2D eigenvalue weighted by atomic mass is 10.2. The molecule has 2 N–H and O–H groups in total. The van der Waals surface area contributed by atoms with E-state index in [9.17, 15) is 13.2 Å². The van der Waals surface area contributed by atoms with Crippen LogP contribution in [-0.2, 0) is 10.0 Å². The molecular formula is C20H22ClN3O3S. The summed E-state index contributed by atoms with van der Waals surface area (Å²) in [5.41, 5.74) is 0.622. The summed E-state index contributed by atoms with van der Waals surface area (Å²) in [6.07, 6.45) is 3.42. The number of sulfonamides is 1. The second kappa shape index (κ2) is 7.73. The quantitative estimate of drug-likeness (QED) is 0.754. The molecule has 1 saturated heterocycles. The summed E-state index contributed by atoms with van der Waals surface area (Å²) in [5.74, 6) is -0.252. The van der Waals surface area contributed by atoms with Gasteiger partial charge < -0.3 is 5.32 Å². The highest BCUT2D eigenvalue weighted by Crippen LogP contribution is 2.30. The van der Waals surface area contributed by atoms with Crippen molar-refractivity contribution in [1.82, 2.24) is 10.2 Å². The minimum atomic E-state index is -3.85. The highest BCUT2D eigenvalue weighted by Gasteiger charge is 2.34. The van der Waals surface area contributed by atoms with Crippen molar-refractivity contribution >= 4 is 33.2 Å². The molecule has 2 aromatic carbocycles. The van der Waals surface area contributed by atoms with Gasteiger partial charge in [-0.15, -0.1) is 0 Å². The lowest BCUT2D eigenvalue weighted by Crippen LogP contribution is -2.37. The Morgan fingerprint density at radius 2 is 1.86 bits per heavy atom. The van der Waals surface area contributed by atoms with Gasteiger partial charge in [-0.2, -0.15) is 0 Å². The van der Waals surface area contributed by atoms with E-state index in [1.807, 2.05) is 0 Å². The van der Waals surface area contributed by atoms with Gasteiger partial charge in [0.1, 0.15) is 0 Å². The fourth-order valence-corrected chi connectivity index (χ4v) is 4.86. The number of nitrogens with one attached hydrogen (secondary N) is 2. The SMILES string of the molecule is O=C(NC1CCN(C2CC2)C1)c1cccc(S(=O)(=O)Nc2ccccc2Cl)c1. The lowest BCUT2D eigenvalue weighted by Gasteiger charge is -2.16. The number of hydrogen-bond donors (Lipinski definition) is 2. The first-order valence-corrected chi connectivity index (χ1v) is 11.2. The molecule has 1 unspecified atom stereocenters. The van der Waals surface area contributed by atoms with Gasteiger partial charge in [-0.05, 0) is 49.6 Å². The van der Waals surface area contributed by atoms with Crippen molar-refractivity contribution in [1.29, 1.82) is 0 Å². The third-order valence-electron chi connectivity index (χ3n) is 5.14. The number of benzene rings is 2. The Morgan fingerprint density at radius 3 is 2.61 bits per heavy atom. The standard InChI is InChI=1S/C20H22ClN3O3S/c21-18-6-1-2-7-19(18)23-28(26,27)17-5-3-4-14(12-17)20(25)22-15-10-11-24(13-15)16-8-9-16/h1-7,12,15-16,23H,8-11,13H2,(H,22,25). The van der Waals surface area contributed by atoms with Crippen molar-refractivity contribution in [3.8, 4) is 0 Å². The second-order valence-corrected chi connectivity index (χ2v) is 9.39. The number of likely N-dealkylation sites (tertiary alicyclic amines) is 1. The Kier molecular flexibility index (Phi) is 5.31. The molecule has 2 fully saturated rings. The Hall–Kier alpha value is -2.09. The molecule has 4 rings (SSSR count). The van der Waals surface area contributed by atoms with Crippen molar-refractivity contribution < 1.29 is 13.2 Å². The van der Waals surface area contributed by atoms with E-state index in [2.05, 4.69) is 14.9 Å². The maximum absolute atomic E-state index is 12.7. The number of para-hydroxylation sites is 1. The van der Waals surface area contributed by atoms with E-state index in [0.717, 1.165) is 19.5 Å². The average molecular weight is 420 g/mol. The van der Waals surface area contributed by atoms with E-state index in [1.54, 1.807) is 36.4 Å². The minimum absolute atomic E-state index is 0.0195. The predicted octanol–water partition coefficient (Wildman–Crippen LogP) is 3.11. The number of carbonyl (C=O) groups is 1. The van der Waals surface area contributed by atoms with E-state index in [1.165, 1.54) is 25.0 Å². The summed E-state index contributed by atoms with van der Waals surface area (Å²) in [7, 11) is -3.85. The van der Waals surface area contributed by atoms with Crippen LogP contribution < -0.4 is 10.0 Å². The number of halogens is 1. The molecule has 6 nitrogen and oxygen atoms in total. The topological polar surface area (TPSA) is 78.5 Å². The van der Waals surface area contributed by atoms with Gasteiger partial charge in [-0.3, -0.25) is 14.4 Å². The van der Waals surface area contributed by atoms with E-state index < -0.39 is 10.0 Å². The zero-order valence-electron chi connectivity index (χ0n) is 15.3. The maximum atomic E-state index is 12.7. The van der Waals surface area contributed by atoms with Crippen LogP contribution in [0.2, 0.25) is 5.02 Å². The van der Waals surface area contributed by atoms with Crippen molar-refractivity contribution in [3.63, 3.8) is 0 Å². The van der Waals surface area contributed by atoms with Gasteiger partial charge in [-0.1, -0.05) is 29.8 Å². The Bertz CT molecular complexity index is 992. The van der Waals surface area contributed by atoms with Crippen LogP contribution in [-0.4, -0.2) is 44.4 Å². The summed E-state index contributed by atoms with van der Waals surface area (Å²) in [6, 6.07) is 13.4. The fourth-order valence-electron chi connectivity index (χ4n) is 3.50. The maximum Gasteiger partial charge on any atom is 0.261 e. The van der Waals surface area contributed by atoms with Gasteiger partial charge in [-0.25, -0.2) is 8.42 Å². The predicted molar refractivity (Wildman–Crippen MR) is 109 cm³/mol. The molecule has 0 spiro atoms. The van der Waals surface area contributed by atoms with E-state index in [-0.39, 0.29) is 16.8 Å². The smallest absolute Gasteiger partial charge is 0.261 e. The molecular weight excluding hydrogens is 398 g/mol. The summed E-state index contributed by atoms with van der Waals surface area (Å²) in [4.78, 5) is 15.1. The van der Waals surface area contributed by atoms with Crippen LogP contribution in [0.15, 0.2) is 53.4 Å². The molecule has 2 aromatic rings. The lowest BCUT2D eigenvalue weighted by molar-refractivity contribution is 0.0937. The fraction of sp³-hybridized carbons (Fsp3) is 0.350. The average Bonchev–Trinajstić information content (AvgIpc) is 3.43. The summed E-state index contributed by atoms with van der Waals surface area (Å²) in [6.45, 7) is 1.87. The zero-order chi connectivity index (χ0) is 19.7. The number of hydrogen-bond acceptors (Lipinski definition) is 4. The number of rotatable bonds is 6. The van der Waals surface area contributed by atoms with E-state index >= 15 is 0 Å². The molecule has 0 radical (unpaired) electrons. The van der Waals surface area contributed by atoms with Gasteiger partial charge >= 0.3 is 0 Å². The van der Waals surface area contributed by atoms with Crippen molar-refractivity contribution in [2.75, 3.05) is 17.8 Å². The number of carbonyl (C=O) groups excluding carboxylic acids is 1. The van der Waals surface area contributed by atoms with Gasteiger partial charge in [0.2, 0.25) is 0 Å². The van der Waals surface area contributed by atoms with Crippen molar-refractivity contribution in [2.24, 2.45) is 0 Å². The van der Waals surface area contributed by atoms with Crippen LogP contribution >= 0.6 is 11.6 Å². The highest BCUT2D eigenvalue weighted by molar-refractivity contribution is 7.92. The molecule has 1 aliphatic heterocycles. The van der Waals surface area contributed by atoms with Crippen molar-refractivity contribution in [2.45, 2.75) is 36.2 Å². The molecule has 8 heteroatoms. The summed E-state index contributed by atoms with van der Waals surface area (Å²) in [5, 5.41) is 3.34. The van der Waals surface area contributed by atoms with Crippen LogP contribution in [0.4, 0.5) is 5.69 Å². The Labute approximate surface area is 169 Å².